The van der Waals surface area contributed by atoms with Crippen LogP contribution in [-0.4, -0.2) is 40.3 Å². The van der Waals surface area contributed by atoms with Crippen molar-refractivity contribution >= 4 is 28.6 Å². The van der Waals surface area contributed by atoms with Crippen molar-refractivity contribution in [3.63, 3.8) is 0 Å². The lowest BCUT2D eigenvalue weighted by Crippen LogP contribution is -2.40. The van der Waals surface area contributed by atoms with E-state index >= 15 is 0 Å². The van der Waals surface area contributed by atoms with Crippen LogP contribution in [0.5, 0.6) is 0 Å². The SMILES string of the molecule is O=C(CCC(=O)N1CCC[C@H]1C(=O)O)c1cc2ccccc2o1. The zero-order valence-corrected chi connectivity index (χ0v) is 12.5. The summed E-state index contributed by atoms with van der Waals surface area (Å²) in [6.45, 7) is 0.439. The number of Topliss-reactive ketones (excluding diaryl/α,β-unsaturated/α-hetero) is 1. The Kier molecular flexibility index (Phi) is 4.14. The van der Waals surface area contributed by atoms with Crippen molar-refractivity contribution in [2.45, 2.75) is 31.7 Å². The van der Waals surface area contributed by atoms with Crippen molar-refractivity contribution in [3.8, 4) is 0 Å². The van der Waals surface area contributed by atoms with Gasteiger partial charge in [-0.1, -0.05) is 18.2 Å². The summed E-state index contributed by atoms with van der Waals surface area (Å²) < 4.78 is 5.48. The number of furan rings is 1. The summed E-state index contributed by atoms with van der Waals surface area (Å²) >= 11 is 0. The molecule has 0 saturated carbocycles. The molecule has 1 atom stereocenters. The van der Waals surface area contributed by atoms with E-state index in [1.807, 2.05) is 18.2 Å². The Hall–Kier alpha value is -2.63. The molecule has 2 aromatic rings. The van der Waals surface area contributed by atoms with E-state index < -0.39 is 12.0 Å². The molecule has 1 amide bonds. The number of amides is 1. The summed E-state index contributed by atoms with van der Waals surface area (Å²) in [5.74, 6) is -1.30. The number of fused-ring (bicyclic) bond motifs is 1. The fourth-order valence-electron chi connectivity index (χ4n) is 2.93. The molecule has 1 aliphatic rings. The molecular formula is C17H17NO5. The van der Waals surface area contributed by atoms with Gasteiger partial charge in [-0.25, -0.2) is 4.79 Å². The van der Waals surface area contributed by atoms with E-state index in [1.54, 1.807) is 12.1 Å². The van der Waals surface area contributed by atoms with E-state index in [0.717, 1.165) is 5.39 Å². The van der Waals surface area contributed by atoms with Crippen LogP contribution >= 0.6 is 0 Å². The highest BCUT2D eigenvalue weighted by atomic mass is 16.4. The molecule has 0 unspecified atom stereocenters. The van der Waals surface area contributed by atoms with Crippen molar-refractivity contribution in [2.75, 3.05) is 6.54 Å². The third kappa shape index (κ3) is 3.11. The number of aliphatic carboxylic acids is 1. The van der Waals surface area contributed by atoms with Gasteiger partial charge in [0.15, 0.2) is 11.5 Å². The lowest BCUT2D eigenvalue weighted by atomic mass is 10.1. The van der Waals surface area contributed by atoms with E-state index in [0.29, 0.717) is 25.0 Å². The summed E-state index contributed by atoms with van der Waals surface area (Å²) in [5.41, 5.74) is 0.632. The predicted molar refractivity (Wildman–Crippen MR) is 82.1 cm³/mol. The number of carboxylic acids is 1. The van der Waals surface area contributed by atoms with Gasteiger partial charge in [-0.15, -0.1) is 0 Å². The summed E-state index contributed by atoms with van der Waals surface area (Å²) in [4.78, 5) is 36.8. The summed E-state index contributed by atoms with van der Waals surface area (Å²) in [6.07, 6.45) is 1.17. The normalized spacial score (nSPS) is 17.6. The van der Waals surface area contributed by atoms with Crippen LogP contribution in [0.3, 0.4) is 0 Å². The molecular weight excluding hydrogens is 298 g/mol. The maximum absolute atomic E-state index is 12.2. The molecule has 1 fully saturated rings. The second-order valence-corrected chi connectivity index (χ2v) is 5.66. The molecule has 0 aliphatic carbocycles. The molecule has 1 aromatic heterocycles. The molecule has 1 saturated heterocycles. The second kappa shape index (κ2) is 6.24. The maximum Gasteiger partial charge on any atom is 0.326 e. The minimum atomic E-state index is -0.987. The molecule has 3 rings (SSSR count). The van der Waals surface area contributed by atoms with Crippen LogP contribution in [0.2, 0.25) is 0 Å². The number of hydrogen-bond acceptors (Lipinski definition) is 4. The van der Waals surface area contributed by atoms with Crippen LogP contribution in [0.4, 0.5) is 0 Å². The van der Waals surface area contributed by atoms with Gasteiger partial charge in [-0.2, -0.15) is 0 Å². The Bertz CT molecular complexity index is 730. The van der Waals surface area contributed by atoms with Gasteiger partial charge < -0.3 is 14.4 Å². The number of nitrogens with zero attached hydrogens (tertiary/aromatic N) is 1. The molecule has 0 radical (unpaired) electrons. The fraction of sp³-hybridized carbons (Fsp3) is 0.353. The number of rotatable bonds is 5. The molecule has 1 aliphatic heterocycles. The molecule has 1 aromatic carbocycles. The third-order valence-corrected chi connectivity index (χ3v) is 4.12. The number of likely N-dealkylation sites (tertiary alicyclic amines) is 1. The maximum atomic E-state index is 12.2. The molecule has 6 nitrogen and oxygen atoms in total. The van der Waals surface area contributed by atoms with Crippen molar-refractivity contribution in [1.82, 2.24) is 4.90 Å². The molecule has 2 heterocycles. The zero-order valence-electron chi connectivity index (χ0n) is 12.5. The van der Waals surface area contributed by atoms with Crippen LogP contribution in [0, 0.1) is 0 Å². The number of ketones is 1. The number of hydrogen-bond donors (Lipinski definition) is 1. The van der Waals surface area contributed by atoms with Gasteiger partial charge in [0.05, 0.1) is 0 Å². The lowest BCUT2D eigenvalue weighted by Gasteiger charge is -2.21. The molecule has 0 bridgehead atoms. The number of carboxylic acid groups (broad SMARTS) is 1. The minimum absolute atomic E-state index is 0.000339. The summed E-state index contributed by atoms with van der Waals surface area (Å²) in [7, 11) is 0. The monoisotopic (exact) mass is 315 g/mol. The summed E-state index contributed by atoms with van der Waals surface area (Å²) in [5, 5.41) is 9.93. The van der Waals surface area contributed by atoms with Gasteiger partial charge >= 0.3 is 5.97 Å². The molecule has 1 N–H and O–H groups in total. The van der Waals surface area contributed by atoms with Gasteiger partial charge in [0, 0.05) is 24.8 Å². The van der Waals surface area contributed by atoms with Crippen molar-refractivity contribution in [2.24, 2.45) is 0 Å². The van der Waals surface area contributed by atoms with Crippen LogP contribution in [0.1, 0.15) is 36.2 Å². The Labute approximate surface area is 132 Å². The topological polar surface area (TPSA) is 87.8 Å². The van der Waals surface area contributed by atoms with Crippen molar-refractivity contribution in [3.05, 3.63) is 36.1 Å². The van der Waals surface area contributed by atoms with Crippen LogP contribution in [0.25, 0.3) is 11.0 Å². The number of carbonyl (C=O) groups is 3. The Morgan fingerprint density at radius 3 is 2.74 bits per heavy atom. The van der Waals surface area contributed by atoms with E-state index in [4.69, 9.17) is 9.52 Å². The first-order valence-electron chi connectivity index (χ1n) is 7.60. The van der Waals surface area contributed by atoms with Gasteiger partial charge in [-0.05, 0) is 25.0 Å². The smallest absolute Gasteiger partial charge is 0.326 e. The average molecular weight is 315 g/mol. The zero-order chi connectivity index (χ0) is 16.4. The first-order valence-corrected chi connectivity index (χ1v) is 7.60. The van der Waals surface area contributed by atoms with E-state index in [1.165, 1.54) is 4.90 Å². The largest absolute Gasteiger partial charge is 0.480 e. The van der Waals surface area contributed by atoms with Gasteiger partial charge in [0.2, 0.25) is 5.91 Å². The van der Waals surface area contributed by atoms with E-state index in [-0.39, 0.29) is 30.3 Å². The number of carbonyl (C=O) groups excluding carboxylic acids is 2. The average Bonchev–Trinajstić information content (AvgIpc) is 3.18. The number of para-hydroxylation sites is 1. The molecule has 120 valence electrons. The van der Waals surface area contributed by atoms with Crippen molar-refractivity contribution < 1.29 is 23.9 Å². The number of benzene rings is 1. The van der Waals surface area contributed by atoms with Crippen LogP contribution in [0.15, 0.2) is 34.7 Å². The highest BCUT2D eigenvalue weighted by Crippen LogP contribution is 2.22. The first-order chi connectivity index (χ1) is 11.1. The fourth-order valence-corrected chi connectivity index (χ4v) is 2.93. The highest BCUT2D eigenvalue weighted by molar-refractivity contribution is 5.99. The van der Waals surface area contributed by atoms with Crippen molar-refractivity contribution in [1.29, 1.82) is 0 Å². The Morgan fingerprint density at radius 2 is 2.00 bits per heavy atom. The van der Waals surface area contributed by atoms with Crippen LogP contribution < -0.4 is 0 Å². The highest BCUT2D eigenvalue weighted by Gasteiger charge is 2.33. The van der Waals surface area contributed by atoms with Gasteiger partial charge in [-0.3, -0.25) is 9.59 Å². The standard InChI is InChI=1S/C17H17NO5/c19-13(15-10-11-4-1-2-6-14(11)23-15)7-8-16(20)18-9-3-5-12(18)17(21)22/h1-2,4,6,10,12H,3,5,7-9H2,(H,21,22)/t12-/m0/s1. The Morgan fingerprint density at radius 1 is 1.22 bits per heavy atom. The Balaban J connectivity index is 1.62. The molecule has 0 spiro atoms. The van der Waals surface area contributed by atoms with E-state index in [2.05, 4.69) is 0 Å². The lowest BCUT2D eigenvalue weighted by molar-refractivity contribution is -0.148. The van der Waals surface area contributed by atoms with Gasteiger partial charge in [0.25, 0.3) is 0 Å². The molecule has 23 heavy (non-hydrogen) atoms. The van der Waals surface area contributed by atoms with Gasteiger partial charge in [0.1, 0.15) is 11.6 Å². The molecule has 6 heteroatoms. The quantitative estimate of drug-likeness (QED) is 0.856. The predicted octanol–water partition coefficient (Wildman–Crippen LogP) is 2.47. The van der Waals surface area contributed by atoms with E-state index in [9.17, 15) is 14.4 Å². The first kappa shape index (κ1) is 15.3. The minimum Gasteiger partial charge on any atom is -0.480 e. The second-order valence-electron chi connectivity index (χ2n) is 5.66. The summed E-state index contributed by atoms with van der Waals surface area (Å²) in [6, 6.07) is 8.21. The third-order valence-electron chi connectivity index (χ3n) is 4.12. The van der Waals surface area contributed by atoms with Crippen LogP contribution in [-0.2, 0) is 9.59 Å².